The van der Waals surface area contributed by atoms with Gasteiger partial charge in [-0.2, -0.15) is 0 Å². The molecule has 0 bridgehead atoms. The lowest BCUT2D eigenvalue weighted by Crippen LogP contribution is -2.16. The van der Waals surface area contributed by atoms with Gasteiger partial charge in [-0.05, 0) is 29.2 Å². The topological polar surface area (TPSA) is 76.9 Å². The predicted molar refractivity (Wildman–Crippen MR) is 117 cm³/mol. The van der Waals surface area contributed by atoms with Crippen molar-refractivity contribution in [2.45, 2.75) is 44.4 Å². The number of nitrogens with one attached hydrogen (secondary N) is 1. The van der Waals surface area contributed by atoms with Crippen molar-refractivity contribution >= 4 is 27.3 Å². The van der Waals surface area contributed by atoms with Crippen molar-refractivity contribution in [2.24, 2.45) is 7.05 Å². The average Bonchev–Trinajstić information content (AvgIpc) is 3.04. The van der Waals surface area contributed by atoms with Gasteiger partial charge in [-0.25, -0.2) is 12.8 Å². The zero-order chi connectivity index (χ0) is 22.3. The zero-order valence-electron chi connectivity index (χ0n) is 17.5. The van der Waals surface area contributed by atoms with E-state index in [9.17, 15) is 12.8 Å². The number of benzene rings is 2. The van der Waals surface area contributed by atoms with Gasteiger partial charge in [0.25, 0.3) is 10.0 Å². The molecule has 160 valence electrons. The van der Waals surface area contributed by atoms with E-state index in [1.54, 1.807) is 23.7 Å². The SMILES string of the molecule is CCc1nnc(-c2cc(Cl)c(F)cc2NS(=O)(=O)c2ccc(C(C)(C)C)cc2)n1C. The van der Waals surface area contributed by atoms with Crippen molar-refractivity contribution in [3.8, 4) is 11.4 Å². The highest BCUT2D eigenvalue weighted by Gasteiger charge is 2.22. The number of nitrogens with zero attached hydrogens (tertiary/aromatic N) is 3. The Bertz CT molecular complexity index is 1180. The lowest BCUT2D eigenvalue weighted by Gasteiger charge is -2.19. The van der Waals surface area contributed by atoms with Crippen LogP contribution in [0.2, 0.25) is 5.02 Å². The largest absolute Gasteiger partial charge is 0.314 e. The molecule has 0 amide bonds. The normalized spacial score (nSPS) is 12.2. The molecule has 0 aliphatic heterocycles. The first-order chi connectivity index (χ1) is 13.9. The highest BCUT2D eigenvalue weighted by Crippen LogP contribution is 2.33. The molecule has 0 atom stereocenters. The van der Waals surface area contributed by atoms with Crippen LogP contribution in [0.4, 0.5) is 10.1 Å². The van der Waals surface area contributed by atoms with Gasteiger partial charge in [0.05, 0.1) is 15.6 Å². The summed E-state index contributed by atoms with van der Waals surface area (Å²) < 4.78 is 44.4. The van der Waals surface area contributed by atoms with Crippen molar-refractivity contribution in [1.29, 1.82) is 0 Å². The van der Waals surface area contributed by atoms with Gasteiger partial charge < -0.3 is 4.57 Å². The van der Waals surface area contributed by atoms with Crippen molar-refractivity contribution < 1.29 is 12.8 Å². The summed E-state index contributed by atoms with van der Waals surface area (Å²) in [6.07, 6.45) is 0.639. The van der Waals surface area contributed by atoms with Gasteiger partial charge in [-0.15, -0.1) is 10.2 Å². The number of aromatic nitrogens is 3. The molecule has 3 rings (SSSR count). The first-order valence-corrected chi connectivity index (χ1v) is 11.3. The third-order valence-electron chi connectivity index (χ3n) is 4.86. The summed E-state index contributed by atoms with van der Waals surface area (Å²) in [5, 5.41) is 8.08. The summed E-state index contributed by atoms with van der Waals surface area (Å²) in [5.74, 6) is 0.352. The van der Waals surface area contributed by atoms with E-state index in [1.165, 1.54) is 18.2 Å². The van der Waals surface area contributed by atoms with Crippen molar-refractivity contribution in [2.75, 3.05) is 4.72 Å². The summed E-state index contributed by atoms with van der Waals surface area (Å²) in [7, 11) is -2.21. The van der Waals surface area contributed by atoms with E-state index in [0.717, 1.165) is 11.6 Å². The van der Waals surface area contributed by atoms with E-state index in [-0.39, 0.29) is 21.0 Å². The number of anilines is 1. The third kappa shape index (κ3) is 4.34. The molecule has 0 fully saturated rings. The van der Waals surface area contributed by atoms with Gasteiger partial charge in [0, 0.05) is 25.1 Å². The Morgan fingerprint density at radius 3 is 2.30 bits per heavy atom. The van der Waals surface area contributed by atoms with Gasteiger partial charge >= 0.3 is 0 Å². The number of hydrogen-bond acceptors (Lipinski definition) is 4. The van der Waals surface area contributed by atoms with Gasteiger partial charge in [0.2, 0.25) is 0 Å². The summed E-state index contributed by atoms with van der Waals surface area (Å²) in [4.78, 5) is 0.0732. The lowest BCUT2D eigenvalue weighted by atomic mass is 9.87. The molecule has 0 aliphatic rings. The number of halogens is 2. The van der Waals surface area contributed by atoms with Crippen LogP contribution in [0.25, 0.3) is 11.4 Å². The predicted octanol–water partition coefficient (Wildman–Crippen LogP) is 4.94. The third-order valence-corrected chi connectivity index (χ3v) is 6.53. The van der Waals surface area contributed by atoms with E-state index >= 15 is 0 Å². The molecule has 3 aromatic rings. The second kappa shape index (κ2) is 8.00. The Balaban J connectivity index is 2.05. The van der Waals surface area contributed by atoms with E-state index in [4.69, 9.17) is 11.6 Å². The van der Waals surface area contributed by atoms with Crippen molar-refractivity contribution in [3.63, 3.8) is 0 Å². The smallest absolute Gasteiger partial charge is 0.261 e. The monoisotopic (exact) mass is 450 g/mol. The standard InChI is InChI=1S/C21H24ClFN4O2S/c1-6-19-24-25-20(27(19)5)15-11-16(22)17(23)12-18(15)26-30(28,29)14-9-7-13(8-10-14)21(2,3)4/h7-12,26H,6H2,1-5H3. The Hall–Kier alpha value is -2.45. The van der Waals surface area contributed by atoms with Crippen LogP contribution < -0.4 is 4.72 Å². The lowest BCUT2D eigenvalue weighted by molar-refractivity contribution is 0.587. The quantitative estimate of drug-likeness (QED) is 0.597. The van der Waals surface area contributed by atoms with Crippen molar-refractivity contribution in [1.82, 2.24) is 14.8 Å². The molecule has 6 nitrogen and oxygen atoms in total. The number of aryl methyl sites for hydroxylation is 1. The van der Waals surface area contributed by atoms with Crippen LogP contribution in [0, 0.1) is 5.82 Å². The Labute approximate surface area is 181 Å². The molecule has 2 aromatic carbocycles. The minimum atomic E-state index is -3.96. The minimum Gasteiger partial charge on any atom is -0.314 e. The molecular formula is C21H24ClFN4O2S. The molecule has 0 radical (unpaired) electrons. The van der Waals surface area contributed by atoms with E-state index < -0.39 is 15.8 Å². The van der Waals surface area contributed by atoms with Crippen LogP contribution in [0.5, 0.6) is 0 Å². The summed E-state index contributed by atoms with van der Waals surface area (Å²) in [5.41, 5.74) is 1.27. The number of sulfonamides is 1. The first-order valence-electron chi connectivity index (χ1n) is 9.45. The fourth-order valence-electron chi connectivity index (χ4n) is 3.06. The minimum absolute atomic E-state index is 0.0370. The van der Waals surface area contributed by atoms with Gasteiger partial charge in [0.15, 0.2) is 5.82 Å². The van der Waals surface area contributed by atoms with Gasteiger partial charge in [-0.3, -0.25) is 4.72 Å². The molecule has 1 heterocycles. The highest BCUT2D eigenvalue weighted by atomic mass is 35.5. The molecule has 0 aliphatic carbocycles. The second-order valence-corrected chi connectivity index (χ2v) is 10.1. The second-order valence-electron chi connectivity index (χ2n) is 8.04. The Morgan fingerprint density at radius 1 is 1.13 bits per heavy atom. The van der Waals surface area contributed by atoms with Crippen LogP contribution in [-0.4, -0.2) is 23.2 Å². The fraction of sp³-hybridized carbons (Fsp3) is 0.333. The zero-order valence-corrected chi connectivity index (χ0v) is 19.1. The van der Waals surface area contributed by atoms with Crippen LogP contribution in [-0.2, 0) is 28.9 Å². The van der Waals surface area contributed by atoms with E-state index in [2.05, 4.69) is 14.9 Å². The Kier molecular flexibility index (Phi) is 5.93. The molecular weight excluding hydrogens is 427 g/mol. The first kappa shape index (κ1) is 22.2. The fourth-order valence-corrected chi connectivity index (χ4v) is 4.29. The van der Waals surface area contributed by atoms with Gasteiger partial charge in [-0.1, -0.05) is 51.4 Å². The highest BCUT2D eigenvalue weighted by molar-refractivity contribution is 7.92. The summed E-state index contributed by atoms with van der Waals surface area (Å²) in [6.45, 7) is 8.06. The molecule has 9 heteroatoms. The molecule has 0 unspecified atom stereocenters. The Morgan fingerprint density at radius 2 is 1.77 bits per heavy atom. The number of rotatable bonds is 5. The molecule has 1 N–H and O–H groups in total. The maximum atomic E-state index is 14.2. The molecule has 0 saturated carbocycles. The van der Waals surface area contributed by atoms with Gasteiger partial charge in [0.1, 0.15) is 11.6 Å². The van der Waals surface area contributed by atoms with Crippen molar-refractivity contribution in [3.05, 3.63) is 58.6 Å². The van der Waals surface area contributed by atoms with Crippen LogP contribution in [0.15, 0.2) is 41.3 Å². The molecule has 0 spiro atoms. The van der Waals surface area contributed by atoms with E-state index in [0.29, 0.717) is 23.6 Å². The molecule has 30 heavy (non-hydrogen) atoms. The average molecular weight is 451 g/mol. The molecule has 1 aromatic heterocycles. The summed E-state index contributed by atoms with van der Waals surface area (Å²) in [6, 6.07) is 9.01. The summed E-state index contributed by atoms with van der Waals surface area (Å²) >= 11 is 5.97. The van der Waals surface area contributed by atoms with Crippen LogP contribution in [0.1, 0.15) is 39.1 Å². The van der Waals surface area contributed by atoms with E-state index in [1.807, 2.05) is 27.7 Å². The van der Waals surface area contributed by atoms with Crippen LogP contribution >= 0.6 is 11.6 Å². The maximum Gasteiger partial charge on any atom is 0.261 e. The maximum absolute atomic E-state index is 14.2. The van der Waals surface area contributed by atoms with Crippen LogP contribution in [0.3, 0.4) is 0 Å². The number of hydrogen-bond donors (Lipinski definition) is 1. The molecule has 0 saturated heterocycles.